The third-order valence-corrected chi connectivity index (χ3v) is 7.25. The maximum Gasteiger partial charge on any atom is 0.494 e. The Bertz CT molecular complexity index is 1290. The molecule has 0 amide bonds. The maximum absolute atomic E-state index is 6.33. The first-order chi connectivity index (χ1) is 15.8. The predicted octanol–water partition coefficient (Wildman–Crippen LogP) is 7.04. The van der Waals surface area contributed by atoms with Gasteiger partial charge in [0.2, 0.25) is 0 Å². The first kappa shape index (κ1) is 21.9. The molecule has 0 saturated carbocycles. The van der Waals surface area contributed by atoms with Crippen molar-refractivity contribution in [1.29, 1.82) is 0 Å². The van der Waals surface area contributed by atoms with Crippen LogP contribution in [0.5, 0.6) is 0 Å². The molecule has 0 atom stereocenters. The summed E-state index contributed by atoms with van der Waals surface area (Å²) in [6.07, 6.45) is 0.968. The third-order valence-electron chi connectivity index (χ3n) is 7.25. The monoisotopic (exact) mass is 434 g/mol. The van der Waals surface area contributed by atoms with Crippen LogP contribution in [-0.2, 0) is 15.7 Å². The molecule has 0 aromatic heterocycles. The minimum atomic E-state index is -0.350. The maximum atomic E-state index is 6.33. The van der Waals surface area contributed by atoms with E-state index in [0.717, 1.165) is 11.9 Å². The van der Waals surface area contributed by atoms with Crippen LogP contribution in [0.3, 0.4) is 0 Å². The van der Waals surface area contributed by atoms with Crippen LogP contribution in [0.15, 0.2) is 84.9 Å². The van der Waals surface area contributed by atoms with Crippen molar-refractivity contribution in [3.05, 3.63) is 90.5 Å². The zero-order valence-electron chi connectivity index (χ0n) is 20.2. The van der Waals surface area contributed by atoms with Gasteiger partial charge in [0.1, 0.15) is 0 Å². The van der Waals surface area contributed by atoms with Crippen molar-refractivity contribution >= 4 is 23.4 Å². The summed E-state index contributed by atoms with van der Waals surface area (Å²) in [4.78, 5) is 0. The van der Waals surface area contributed by atoms with E-state index in [0.29, 0.717) is 0 Å². The average Bonchev–Trinajstić information content (AvgIpc) is 3.05. The van der Waals surface area contributed by atoms with Crippen LogP contribution >= 0.6 is 0 Å². The van der Waals surface area contributed by atoms with Crippen LogP contribution in [0.25, 0.3) is 33.0 Å². The Hall–Kier alpha value is -2.88. The fourth-order valence-electron chi connectivity index (χ4n) is 4.43. The second-order valence-electron chi connectivity index (χ2n) is 10.0. The van der Waals surface area contributed by atoms with Crippen LogP contribution in [0.4, 0.5) is 0 Å². The Balaban J connectivity index is 1.47. The number of hydrogen-bond acceptors (Lipinski definition) is 2. The van der Waals surface area contributed by atoms with E-state index in [1.165, 1.54) is 38.6 Å². The van der Waals surface area contributed by atoms with Gasteiger partial charge in [0.25, 0.3) is 0 Å². The summed E-state index contributed by atoms with van der Waals surface area (Å²) in [5, 5.41) is 2.53. The summed E-state index contributed by atoms with van der Waals surface area (Å²) >= 11 is 0. The van der Waals surface area contributed by atoms with Gasteiger partial charge in [0.05, 0.1) is 11.2 Å². The van der Waals surface area contributed by atoms with Gasteiger partial charge in [0.15, 0.2) is 0 Å². The third kappa shape index (κ3) is 4.12. The second kappa shape index (κ2) is 8.16. The smallest absolute Gasteiger partial charge is 0.399 e. The molecular weight excluding hydrogens is 403 g/mol. The molecule has 4 aromatic carbocycles. The Morgan fingerprint density at radius 1 is 0.606 bits per heavy atom. The van der Waals surface area contributed by atoms with Crippen LogP contribution in [-0.4, -0.2) is 18.3 Å². The first-order valence-electron chi connectivity index (χ1n) is 11.8. The molecule has 33 heavy (non-hydrogen) atoms. The zero-order valence-corrected chi connectivity index (χ0v) is 20.2. The average molecular weight is 434 g/mol. The number of aryl methyl sites for hydroxylation is 1. The lowest BCUT2D eigenvalue weighted by Gasteiger charge is -2.32. The molecule has 4 aromatic rings. The van der Waals surface area contributed by atoms with Crippen LogP contribution in [0.2, 0.25) is 0 Å². The molecule has 1 fully saturated rings. The lowest BCUT2D eigenvalue weighted by molar-refractivity contribution is 0.00578. The summed E-state index contributed by atoms with van der Waals surface area (Å²) in [6, 6.07) is 30.7. The molecule has 166 valence electrons. The van der Waals surface area contributed by atoms with Crippen molar-refractivity contribution in [3.8, 4) is 22.3 Å². The molecule has 2 nitrogen and oxygen atoms in total. The van der Waals surface area contributed by atoms with Gasteiger partial charge in [-0.05, 0) is 84.2 Å². The number of hydrogen-bond donors (Lipinski definition) is 0. The fraction of sp³-hybridized carbons (Fsp3) is 0.267. The van der Waals surface area contributed by atoms with Crippen LogP contribution in [0, 0.1) is 0 Å². The number of rotatable bonds is 4. The summed E-state index contributed by atoms with van der Waals surface area (Å²) in [5.74, 6) is 0. The van der Waals surface area contributed by atoms with E-state index in [9.17, 15) is 0 Å². The summed E-state index contributed by atoms with van der Waals surface area (Å²) in [7, 11) is -0.350. The van der Waals surface area contributed by atoms with Gasteiger partial charge >= 0.3 is 7.12 Å². The largest absolute Gasteiger partial charge is 0.494 e. The highest BCUT2D eigenvalue weighted by atomic mass is 16.7. The Morgan fingerprint density at radius 3 is 1.82 bits per heavy atom. The molecule has 0 radical (unpaired) electrons. The highest BCUT2D eigenvalue weighted by molar-refractivity contribution is 6.62. The van der Waals surface area contributed by atoms with Crippen LogP contribution in [0.1, 0.15) is 40.2 Å². The van der Waals surface area contributed by atoms with Gasteiger partial charge in [0, 0.05) is 0 Å². The molecule has 3 heteroatoms. The van der Waals surface area contributed by atoms with Gasteiger partial charge in [-0.1, -0.05) is 85.8 Å². The van der Waals surface area contributed by atoms with Gasteiger partial charge in [-0.2, -0.15) is 0 Å². The SMILES string of the molecule is CCc1cc(B2OC(C)(C)C(C)(C)O2)cc(-c2ccc(-c3ccc4ccccc4c3)cc2)c1. The molecule has 0 spiro atoms. The minimum absolute atomic E-state index is 0.346. The summed E-state index contributed by atoms with van der Waals surface area (Å²) in [5.41, 5.74) is 6.54. The molecule has 1 saturated heterocycles. The molecule has 1 heterocycles. The van der Waals surface area contributed by atoms with Gasteiger partial charge < -0.3 is 9.31 Å². The predicted molar refractivity (Wildman–Crippen MR) is 140 cm³/mol. The van der Waals surface area contributed by atoms with E-state index in [4.69, 9.17) is 9.31 Å². The molecule has 1 aliphatic heterocycles. The Labute approximate surface area is 197 Å². The fourth-order valence-corrected chi connectivity index (χ4v) is 4.43. The normalized spacial score (nSPS) is 16.9. The van der Waals surface area contributed by atoms with E-state index in [2.05, 4.69) is 120 Å². The zero-order chi connectivity index (χ0) is 23.2. The van der Waals surface area contributed by atoms with E-state index in [-0.39, 0.29) is 18.3 Å². The van der Waals surface area contributed by atoms with Crippen molar-refractivity contribution in [2.45, 2.75) is 52.2 Å². The highest BCUT2D eigenvalue weighted by Gasteiger charge is 2.51. The van der Waals surface area contributed by atoms with Gasteiger partial charge in [-0.15, -0.1) is 0 Å². The first-order valence-corrected chi connectivity index (χ1v) is 11.8. The van der Waals surface area contributed by atoms with Crippen LogP contribution < -0.4 is 5.46 Å². The Kier molecular flexibility index (Phi) is 5.43. The molecule has 0 N–H and O–H groups in total. The van der Waals surface area contributed by atoms with Crippen molar-refractivity contribution < 1.29 is 9.31 Å². The summed E-state index contributed by atoms with van der Waals surface area (Å²) in [6.45, 7) is 10.6. The van der Waals surface area contributed by atoms with Gasteiger partial charge in [-0.25, -0.2) is 0 Å². The molecule has 0 unspecified atom stereocenters. The lowest BCUT2D eigenvalue weighted by atomic mass is 9.76. The summed E-state index contributed by atoms with van der Waals surface area (Å²) < 4.78 is 12.7. The lowest BCUT2D eigenvalue weighted by Crippen LogP contribution is -2.41. The molecular formula is C30H31BO2. The quantitative estimate of drug-likeness (QED) is 0.321. The van der Waals surface area contributed by atoms with Crippen molar-refractivity contribution in [1.82, 2.24) is 0 Å². The highest BCUT2D eigenvalue weighted by Crippen LogP contribution is 2.37. The Morgan fingerprint density at radius 2 is 1.18 bits per heavy atom. The van der Waals surface area contributed by atoms with Crippen molar-refractivity contribution in [2.75, 3.05) is 0 Å². The van der Waals surface area contributed by atoms with Crippen molar-refractivity contribution in [2.24, 2.45) is 0 Å². The molecule has 1 aliphatic rings. The number of benzene rings is 4. The van der Waals surface area contributed by atoms with E-state index < -0.39 is 0 Å². The molecule has 0 aliphatic carbocycles. The van der Waals surface area contributed by atoms with Crippen molar-refractivity contribution in [3.63, 3.8) is 0 Å². The topological polar surface area (TPSA) is 18.5 Å². The van der Waals surface area contributed by atoms with E-state index in [1.54, 1.807) is 0 Å². The standard InChI is InChI=1S/C30H31BO2/c1-6-21-17-27(20-28(18-21)31-32-29(2,3)30(4,5)33-31)24-13-11-23(12-14-24)26-16-15-22-9-7-8-10-25(22)19-26/h7-20H,6H2,1-5H3. The van der Waals surface area contributed by atoms with E-state index in [1.807, 2.05) is 0 Å². The second-order valence-corrected chi connectivity index (χ2v) is 10.0. The molecule has 5 rings (SSSR count). The van der Waals surface area contributed by atoms with E-state index >= 15 is 0 Å². The number of fused-ring (bicyclic) bond motifs is 1. The van der Waals surface area contributed by atoms with Gasteiger partial charge in [-0.3, -0.25) is 0 Å². The minimum Gasteiger partial charge on any atom is -0.399 e. The molecule has 0 bridgehead atoms.